The van der Waals surface area contributed by atoms with Crippen LogP contribution in [-0.4, -0.2) is 41.3 Å². The van der Waals surface area contributed by atoms with E-state index < -0.39 is 18.0 Å². The van der Waals surface area contributed by atoms with E-state index in [-0.39, 0.29) is 13.0 Å². The fourth-order valence-electron chi connectivity index (χ4n) is 1.89. The summed E-state index contributed by atoms with van der Waals surface area (Å²) >= 11 is 0. The van der Waals surface area contributed by atoms with Crippen molar-refractivity contribution in [2.75, 3.05) is 18.1 Å². The van der Waals surface area contributed by atoms with Gasteiger partial charge in [0.25, 0.3) is 0 Å². The number of anilines is 1. The van der Waals surface area contributed by atoms with Crippen LogP contribution in [0.1, 0.15) is 27.2 Å². The summed E-state index contributed by atoms with van der Waals surface area (Å²) in [6.07, 6.45) is -0.122. The molecule has 0 fully saturated rings. The second kappa shape index (κ2) is 8.26. The van der Waals surface area contributed by atoms with E-state index >= 15 is 0 Å². The number of carbonyl (C=O) groups is 2. The number of aliphatic carboxylic acids is 2. The summed E-state index contributed by atoms with van der Waals surface area (Å²) in [6.45, 7) is 6.38. The van der Waals surface area contributed by atoms with E-state index in [4.69, 9.17) is 14.9 Å². The molecule has 0 aromatic heterocycles. The molecular weight excluding hydrogens is 286 g/mol. The number of carboxylic acid groups (broad SMARTS) is 2. The molecule has 1 aromatic rings. The van der Waals surface area contributed by atoms with E-state index in [1.54, 1.807) is 29.2 Å². The zero-order valence-corrected chi connectivity index (χ0v) is 13.2. The molecule has 2 N–H and O–H groups in total. The molecule has 122 valence electrons. The molecule has 1 rings (SSSR count). The van der Waals surface area contributed by atoms with Gasteiger partial charge in [0, 0.05) is 12.2 Å². The number of ether oxygens (including phenoxy) is 1. The van der Waals surface area contributed by atoms with E-state index in [1.165, 1.54) is 6.92 Å². The SMILES string of the molecule is CC(C)COc1ccc(N(CCC(=O)O)C(C)C(=O)O)cc1. The number of hydrogen-bond acceptors (Lipinski definition) is 4. The van der Waals surface area contributed by atoms with Crippen LogP contribution in [0.4, 0.5) is 5.69 Å². The molecule has 0 aliphatic carbocycles. The van der Waals surface area contributed by atoms with Crippen molar-refractivity contribution in [3.05, 3.63) is 24.3 Å². The minimum atomic E-state index is -0.995. The molecule has 6 nitrogen and oxygen atoms in total. The largest absolute Gasteiger partial charge is 0.493 e. The van der Waals surface area contributed by atoms with E-state index in [2.05, 4.69) is 13.8 Å². The molecule has 6 heteroatoms. The van der Waals surface area contributed by atoms with Gasteiger partial charge >= 0.3 is 11.9 Å². The van der Waals surface area contributed by atoms with Crippen molar-refractivity contribution in [3.63, 3.8) is 0 Å². The highest BCUT2D eigenvalue weighted by atomic mass is 16.5. The van der Waals surface area contributed by atoms with Crippen molar-refractivity contribution < 1.29 is 24.5 Å². The summed E-state index contributed by atoms with van der Waals surface area (Å²) < 4.78 is 5.58. The summed E-state index contributed by atoms with van der Waals surface area (Å²) in [6, 6.07) is 6.22. The van der Waals surface area contributed by atoms with Gasteiger partial charge in [0.05, 0.1) is 13.0 Å². The number of hydrogen-bond donors (Lipinski definition) is 2. The van der Waals surface area contributed by atoms with E-state index in [1.807, 2.05) is 0 Å². The zero-order chi connectivity index (χ0) is 16.7. The van der Waals surface area contributed by atoms with Crippen molar-refractivity contribution in [3.8, 4) is 5.75 Å². The molecule has 0 spiro atoms. The van der Waals surface area contributed by atoms with E-state index in [9.17, 15) is 9.59 Å². The van der Waals surface area contributed by atoms with Gasteiger partial charge in [-0.3, -0.25) is 4.79 Å². The van der Waals surface area contributed by atoms with E-state index in [0.29, 0.717) is 24.0 Å². The van der Waals surface area contributed by atoms with Crippen molar-refractivity contribution in [1.82, 2.24) is 0 Å². The van der Waals surface area contributed by atoms with Gasteiger partial charge < -0.3 is 19.8 Å². The lowest BCUT2D eigenvalue weighted by Crippen LogP contribution is -2.40. The Morgan fingerprint density at radius 2 is 1.73 bits per heavy atom. The Balaban J connectivity index is 2.84. The van der Waals surface area contributed by atoms with Crippen LogP contribution in [0.5, 0.6) is 5.75 Å². The van der Waals surface area contributed by atoms with Crippen LogP contribution in [-0.2, 0) is 9.59 Å². The highest BCUT2D eigenvalue weighted by molar-refractivity contribution is 5.78. The van der Waals surface area contributed by atoms with Crippen molar-refractivity contribution in [2.45, 2.75) is 33.2 Å². The van der Waals surface area contributed by atoms with Crippen molar-refractivity contribution in [1.29, 1.82) is 0 Å². The molecule has 0 saturated heterocycles. The van der Waals surface area contributed by atoms with Crippen LogP contribution >= 0.6 is 0 Å². The second-order valence-corrected chi connectivity index (χ2v) is 5.55. The summed E-state index contributed by atoms with van der Waals surface area (Å²) in [7, 11) is 0. The third-order valence-corrected chi connectivity index (χ3v) is 3.14. The molecule has 0 aliphatic heterocycles. The molecule has 1 unspecified atom stereocenters. The Bertz CT molecular complexity index is 498. The molecule has 0 saturated carbocycles. The predicted octanol–water partition coefficient (Wildman–Crippen LogP) is 2.48. The number of rotatable bonds is 9. The quantitative estimate of drug-likeness (QED) is 0.728. The third-order valence-electron chi connectivity index (χ3n) is 3.14. The Kier molecular flexibility index (Phi) is 6.69. The molecule has 0 aliphatic rings. The molecule has 0 bridgehead atoms. The summed E-state index contributed by atoms with van der Waals surface area (Å²) in [5, 5.41) is 18.0. The van der Waals surface area contributed by atoms with Crippen molar-refractivity contribution >= 4 is 17.6 Å². The lowest BCUT2D eigenvalue weighted by molar-refractivity contribution is -0.139. The summed E-state index contributed by atoms with van der Waals surface area (Å²) in [5.41, 5.74) is 0.660. The average Bonchev–Trinajstić information content (AvgIpc) is 2.45. The monoisotopic (exact) mass is 309 g/mol. The Morgan fingerprint density at radius 1 is 1.14 bits per heavy atom. The van der Waals surface area contributed by atoms with Crippen LogP contribution in [0.3, 0.4) is 0 Å². The topological polar surface area (TPSA) is 87.1 Å². The molecule has 1 aromatic carbocycles. The Hall–Kier alpha value is -2.24. The fourth-order valence-corrected chi connectivity index (χ4v) is 1.89. The first kappa shape index (κ1) is 17.8. The van der Waals surface area contributed by atoms with Gasteiger partial charge in [0.2, 0.25) is 0 Å². The molecule has 1 atom stereocenters. The predicted molar refractivity (Wildman–Crippen MR) is 83.5 cm³/mol. The Labute approximate surface area is 130 Å². The summed E-state index contributed by atoms with van der Waals surface area (Å²) in [4.78, 5) is 23.5. The molecular formula is C16H23NO5. The van der Waals surface area contributed by atoms with Gasteiger partial charge in [-0.15, -0.1) is 0 Å². The van der Waals surface area contributed by atoms with Gasteiger partial charge in [-0.25, -0.2) is 4.79 Å². The van der Waals surface area contributed by atoms with Crippen LogP contribution in [0.25, 0.3) is 0 Å². The van der Waals surface area contributed by atoms with Crippen molar-refractivity contribution in [2.24, 2.45) is 5.92 Å². The number of nitrogens with zero attached hydrogens (tertiary/aromatic N) is 1. The first-order valence-corrected chi connectivity index (χ1v) is 7.25. The maximum atomic E-state index is 11.2. The standard InChI is InChI=1S/C16H23NO5/c1-11(2)10-22-14-6-4-13(5-7-14)17(9-8-15(18)19)12(3)16(20)21/h4-7,11-12H,8-10H2,1-3H3,(H,18,19)(H,20,21). The van der Waals surface area contributed by atoms with Gasteiger partial charge in [-0.05, 0) is 37.1 Å². The smallest absolute Gasteiger partial charge is 0.326 e. The summed E-state index contributed by atoms with van der Waals surface area (Å²) in [5.74, 6) is -0.831. The first-order valence-electron chi connectivity index (χ1n) is 7.25. The van der Waals surface area contributed by atoms with Crippen LogP contribution in [0, 0.1) is 5.92 Å². The number of carboxylic acids is 2. The molecule has 0 amide bonds. The van der Waals surface area contributed by atoms with Gasteiger partial charge in [-0.2, -0.15) is 0 Å². The zero-order valence-electron chi connectivity index (χ0n) is 13.2. The lowest BCUT2D eigenvalue weighted by Gasteiger charge is -2.28. The average molecular weight is 309 g/mol. The minimum Gasteiger partial charge on any atom is -0.493 e. The van der Waals surface area contributed by atoms with Gasteiger partial charge in [-0.1, -0.05) is 13.8 Å². The molecule has 0 radical (unpaired) electrons. The van der Waals surface area contributed by atoms with Gasteiger partial charge in [0.15, 0.2) is 0 Å². The fraction of sp³-hybridized carbons (Fsp3) is 0.500. The third kappa shape index (κ3) is 5.63. The first-order chi connectivity index (χ1) is 10.3. The van der Waals surface area contributed by atoms with Crippen LogP contribution in [0.15, 0.2) is 24.3 Å². The van der Waals surface area contributed by atoms with Gasteiger partial charge in [0.1, 0.15) is 11.8 Å². The maximum Gasteiger partial charge on any atom is 0.326 e. The second-order valence-electron chi connectivity index (χ2n) is 5.55. The minimum absolute atomic E-state index is 0.122. The highest BCUT2D eigenvalue weighted by Crippen LogP contribution is 2.22. The lowest BCUT2D eigenvalue weighted by atomic mass is 10.2. The van der Waals surface area contributed by atoms with Crippen LogP contribution in [0.2, 0.25) is 0 Å². The number of benzene rings is 1. The normalized spacial score (nSPS) is 12.0. The van der Waals surface area contributed by atoms with E-state index in [0.717, 1.165) is 0 Å². The maximum absolute atomic E-state index is 11.2. The highest BCUT2D eigenvalue weighted by Gasteiger charge is 2.21. The molecule has 0 heterocycles. The molecule has 22 heavy (non-hydrogen) atoms. The van der Waals surface area contributed by atoms with Crippen LogP contribution < -0.4 is 9.64 Å². The Morgan fingerprint density at radius 3 is 2.18 bits per heavy atom.